The van der Waals surface area contributed by atoms with Gasteiger partial charge in [-0.1, -0.05) is 0 Å². The van der Waals surface area contributed by atoms with E-state index < -0.39 is 21.9 Å². The number of hydrogen-bond donors (Lipinski definition) is 1. The summed E-state index contributed by atoms with van der Waals surface area (Å²) in [4.78, 5) is 0.0527. The number of nitrogens with zero attached hydrogens (tertiary/aromatic N) is 1. The van der Waals surface area contributed by atoms with Gasteiger partial charge in [0.05, 0.1) is 11.0 Å². The molecule has 2 rings (SSSR count). The van der Waals surface area contributed by atoms with Gasteiger partial charge < -0.3 is 5.11 Å². The number of benzene rings is 1. The largest absolute Gasteiger partial charge is 0.391 e. The molecule has 19 heavy (non-hydrogen) atoms. The first-order valence-electron chi connectivity index (χ1n) is 6.23. The first-order chi connectivity index (χ1) is 8.82. The summed E-state index contributed by atoms with van der Waals surface area (Å²) in [6.07, 6.45) is 1.27. The molecule has 4 nitrogen and oxygen atoms in total. The van der Waals surface area contributed by atoms with Gasteiger partial charge in [0.1, 0.15) is 5.82 Å². The predicted molar refractivity (Wildman–Crippen MR) is 69.7 cm³/mol. The minimum atomic E-state index is -3.67. The number of aryl methyl sites for hydroxylation is 1. The van der Waals surface area contributed by atoms with E-state index in [2.05, 4.69) is 0 Å². The lowest BCUT2D eigenvalue weighted by Crippen LogP contribution is -2.35. The summed E-state index contributed by atoms with van der Waals surface area (Å²) >= 11 is 0. The molecule has 1 aliphatic rings. The Morgan fingerprint density at radius 1 is 1.47 bits per heavy atom. The van der Waals surface area contributed by atoms with E-state index in [9.17, 15) is 17.9 Å². The molecule has 1 fully saturated rings. The maximum Gasteiger partial charge on any atom is 0.242 e. The van der Waals surface area contributed by atoms with Crippen LogP contribution >= 0.6 is 0 Å². The summed E-state index contributed by atoms with van der Waals surface area (Å²) in [5, 5.41) is 9.80. The van der Waals surface area contributed by atoms with Crippen LogP contribution in [0, 0.1) is 18.7 Å². The summed E-state index contributed by atoms with van der Waals surface area (Å²) in [6, 6.07) is 3.70. The predicted octanol–water partition coefficient (Wildman–Crippen LogP) is 1.53. The van der Waals surface area contributed by atoms with Crippen molar-refractivity contribution in [2.75, 3.05) is 13.6 Å². The number of sulfonamides is 1. The van der Waals surface area contributed by atoms with Gasteiger partial charge in [0.2, 0.25) is 10.0 Å². The molecule has 6 heteroatoms. The Balaban J connectivity index is 2.17. The molecule has 1 atom stereocenters. The van der Waals surface area contributed by atoms with E-state index in [0.717, 1.165) is 23.2 Å². The Morgan fingerprint density at radius 3 is 2.63 bits per heavy atom. The van der Waals surface area contributed by atoms with Gasteiger partial charge in [-0.15, -0.1) is 0 Å². The lowest BCUT2D eigenvalue weighted by atomic mass is 10.2. The highest BCUT2D eigenvalue weighted by molar-refractivity contribution is 7.89. The van der Waals surface area contributed by atoms with Crippen molar-refractivity contribution in [3.05, 3.63) is 29.6 Å². The molecule has 0 spiro atoms. The van der Waals surface area contributed by atoms with E-state index in [1.807, 2.05) is 0 Å². The second-order valence-corrected chi connectivity index (χ2v) is 7.15. The average molecular weight is 287 g/mol. The Labute approximate surface area is 112 Å². The van der Waals surface area contributed by atoms with Gasteiger partial charge in [0.25, 0.3) is 0 Å². The van der Waals surface area contributed by atoms with Crippen molar-refractivity contribution in [3.63, 3.8) is 0 Å². The Bertz CT molecular complexity index is 569. The van der Waals surface area contributed by atoms with Gasteiger partial charge in [0.15, 0.2) is 0 Å². The molecule has 1 aromatic rings. The first kappa shape index (κ1) is 14.4. The molecule has 0 amide bonds. The van der Waals surface area contributed by atoms with Crippen molar-refractivity contribution < 1.29 is 17.9 Å². The van der Waals surface area contributed by atoms with Crippen LogP contribution in [0.15, 0.2) is 23.1 Å². The van der Waals surface area contributed by atoms with Crippen LogP contribution in [-0.2, 0) is 10.0 Å². The normalized spacial score (nSPS) is 17.7. The Kier molecular flexibility index (Phi) is 3.94. The van der Waals surface area contributed by atoms with Crippen LogP contribution in [0.25, 0.3) is 0 Å². The fraction of sp³-hybridized carbons (Fsp3) is 0.538. The van der Waals surface area contributed by atoms with E-state index in [0.29, 0.717) is 0 Å². The molecule has 1 N–H and O–H groups in total. The van der Waals surface area contributed by atoms with Gasteiger partial charge in [-0.3, -0.25) is 0 Å². The van der Waals surface area contributed by atoms with Crippen molar-refractivity contribution in [1.29, 1.82) is 0 Å². The quantitative estimate of drug-likeness (QED) is 0.893. The standard InChI is InChI=1S/C13H18FNO3S/c1-9-7-11(5-6-12(9)14)19(17,18)15(2)8-13(16)10-3-4-10/h5-7,10,13,16H,3-4,8H2,1-2H3. The van der Waals surface area contributed by atoms with E-state index >= 15 is 0 Å². The van der Waals surface area contributed by atoms with E-state index in [-0.39, 0.29) is 22.9 Å². The molecule has 1 saturated carbocycles. The van der Waals surface area contributed by atoms with Crippen LogP contribution in [0.2, 0.25) is 0 Å². The van der Waals surface area contributed by atoms with Crippen LogP contribution in [0.3, 0.4) is 0 Å². The average Bonchev–Trinajstić information content (AvgIpc) is 3.16. The fourth-order valence-electron chi connectivity index (χ4n) is 1.95. The smallest absolute Gasteiger partial charge is 0.242 e. The highest BCUT2D eigenvalue weighted by atomic mass is 32.2. The van der Waals surface area contributed by atoms with Crippen LogP contribution in [0.1, 0.15) is 18.4 Å². The number of aliphatic hydroxyl groups is 1. The maximum absolute atomic E-state index is 13.2. The van der Waals surface area contributed by atoms with Crippen molar-refractivity contribution in [2.24, 2.45) is 5.92 Å². The van der Waals surface area contributed by atoms with E-state index in [4.69, 9.17) is 0 Å². The summed E-state index contributed by atoms with van der Waals surface area (Å²) in [7, 11) is -2.24. The van der Waals surface area contributed by atoms with Crippen LogP contribution in [-0.4, -0.2) is 37.5 Å². The lowest BCUT2D eigenvalue weighted by Gasteiger charge is -2.20. The minimum absolute atomic E-state index is 0.0527. The zero-order valence-corrected chi connectivity index (χ0v) is 11.8. The molecule has 1 aliphatic carbocycles. The van der Waals surface area contributed by atoms with E-state index in [1.165, 1.54) is 26.1 Å². The third-order valence-electron chi connectivity index (χ3n) is 3.45. The van der Waals surface area contributed by atoms with Crippen LogP contribution in [0.4, 0.5) is 4.39 Å². The first-order valence-corrected chi connectivity index (χ1v) is 7.67. The number of halogens is 1. The summed E-state index contributed by atoms with van der Waals surface area (Å²) in [6.45, 7) is 1.59. The molecule has 0 saturated heterocycles. The molecule has 106 valence electrons. The third-order valence-corrected chi connectivity index (χ3v) is 5.27. The van der Waals surface area contributed by atoms with Crippen molar-refractivity contribution in [1.82, 2.24) is 4.31 Å². The van der Waals surface area contributed by atoms with Crippen molar-refractivity contribution >= 4 is 10.0 Å². The third kappa shape index (κ3) is 3.13. The van der Waals surface area contributed by atoms with Crippen LogP contribution in [0.5, 0.6) is 0 Å². The molecular formula is C13H18FNO3S. The van der Waals surface area contributed by atoms with Gasteiger partial charge in [0, 0.05) is 13.6 Å². The van der Waals surface area contributed by atoms with Gasteiger partial charge >= 0.3 is 0 Å². The number of rotatable bonds is 5. The second-order valence-electron chi connectivity index (χ2n) is 5.10. The topological polar surface area (TPSA) is 57.6 Å². The number of aliphatic hydroxyl groups excluding tert-OH is 1. The second kappa shape index (κ2) is 5.19. The molecule has 0 radical (unpaired) electrons. The van der Waals surface area contributed by atoms with Gasteiger partial charge in [-0.25, -0.2) is 12.8 Å². The lowest BCUT2D eigenvalue weighted by molar-refractivity contribution is 0.131. The highest BCUT2D eigenvalue weighted by Gasteiger charge is 2.33. The molecule has 0 aliphatic heterocycles. The molecule has 1 unspecified atom stereocenters. The van der Waals surface area contributed by atoms with Crippen molar-refractivity contribution in [2.45, 2.75) is 30.8 Å². The maximum atomic E-state index is 13.2. The monoisotopic (exact) mass is 287 g/mol. The number of hydrogen-bond acceptors (Lipinski definition) is 3. The molecule has 1 aromatic carbocycles. The summed E-state index contributed by atoms with van der Waals surface area (Å²) in [5.74, 6) is -0.216. The SMILES string of the molecule is Cc1cc(S(=O)(=O)N(C)CC(O)C2CC2)ccc1F. The zero-order valence-electron chi connectivity index (χ0n) is 11.0. The van der Waals surface area contributed by atoms with E-state index in [1.54, 1.807) is 0 Å². The molecule has 0 bridgehead atoms. The highest BCUT2D eigenvalue weighted by Crippen LogP contribution is 2.33. The number of likely N-dealkylation sites (N-methyl/N-ethyl adjacent to an activating group) is 1. The molecular weight excluding hydrogens is 269 g/mol. The Morgan fingerprint density at radius 2 is 2.11 bits per heavy atom. The fourth-order valence-corrected chi connectivity index (χ4v) is 3.22. The Hall–Kier alpha value is -0.980. The van der Waals surface area contributed by atoms with Gasteiger partial charge in [-0.2, -0.15) is 4.31 Å². The molecule has 0 heterocycles. The van der Waals surface area contributed by atoms with Crippen LogP contribution < -0.4 is 0 Å². The minimum Gasteiger partial charge on any atom is -0.391 e. The zero-order chi connectivity index (χ0) is 14.2. The van der Waals surface area contributed by atoms with Gasteiger partial charge in [-0.05, 0) is 49.4 Å². The summed E-state index contributed by atoms with van der Waals surface area (Å²) in [5.41, 5.74) is 0.289. The summed E-state index contributed by atoms with van der Waals surface area (Å²) < 4.78 is 38.8. The molecule has 0 aromatic heterocycles. The van der Waals surface area contributed by atoms with Crippen molar-refractivity contribution in [3.8, 4) is 0 Å².